The van der Waals surface area contributed by atoms with Gasteiger partial charge in [0.05, 0.1) is 0 Å². The quantitative estimate of drug-likeness (QED) is 0.111. The Labute approximate surface area is 246 Å². The molecule has 2 radical (unpaired) electrons. The summed E-state index contributed by atoms with van der Waals surface area (Å²) in [5.74, 6) is -5.92. The maximum absolute atomic E-state index is 6.75. The summed E-state index contributed by atoms with van der Waals surface area (Å²) in [6, 6.07) is 39.6. The van der Waals surface area contributed by atoms with Gasteiger partial charge in [0.2, 0.25) is 0 Å². The molecule has 0 spiro atoms. The Morgan fingerprint density at radius 2 is 0.500 bits per heavy atom. The standard InChI is InChI=1S/2C14H14ClP.2Au/c2*1-16(2,15,13-9-5-3-6-10-13)14-11-7-4-8-12-14;;/h2*3-12H,1-2H2;;/q2*-2;;. The number of hydrogen-bond acceptors (Lipinski definition) is 0. The molecule has 0 heterocycles. The van der Waals surface area contributed by atoms with Crippen LogP contribution in [-0.2, 0) is 44.8 Å². The van der Waals surface area contributed by atoms with E-state index in [2.05, 4.69) is 26.7 Å². The van der Waals surface area contributed by atoms with Crippen LogP contribution in [0.15, 0.2) is 121 Å². The monoisotopic (exact) mass is 890 g/mol. The molecule has 4 aromatic rings. The average molecular weight is 891 g/mol. The Kier molecular flexibility index (Phi) is 11.6. The van der Waals surface area contributed by atoms with Gasteiger partial charge in [0, 0.05) is 44.8 Å². The van der Waals surface area contributed by atoms with Gasteiger partial charge in [-0.25, -0.2) is 0 Å². The van der Waals surface area contributed by atoms with Crippen molar-refractivity contribution < 1.29 is 44.8 Å². The van der Waals surface area contributed by atoms with Crippen LogP contribution >= 0.6 is 34.4 Å². The summed E-state index contributed by atoms with van der Waals surface area (Å²) in [6.07, 6.45) is 0. The van der Waals surface area contributed by atoms with Crippen molar-refractivity contribution in [2.45, 2.75) is 0 Å². The predicted octanol–water partition coefficient (Wildman–Crippen LogP) is 7.85. The molecule has 4 rings (SSSR count). The minimum absolute atomic E-state index is 0. The maximum atomic E-state index is 6.75. The predicted molar refractivity (Wildman–Crippen MR) is 151 cm³/mol. The molecule has 6 heteroatoms. The van der Waals surface area contributed by atoms with Crippen LogP contribution < -0.4 is 21.2 Å². The van der Waals surface area contributed by atoms with Gasteiger partial charge in [0.1, 0.15) is 0 Å². The zero-order valence-electron chi connectivity index (χ0n) is 18.6. The topological polar surface area (TPSA) is 0 Å². The van der Waals surface area contributed by atoms with Crippen molar-refractivity contribution in [3.8, 4) is 0 Å². The van der Waals surface area contributed by atoms with E-state index in [9.17, 15) is 0 Å². The van der Waals surface area contributed by atoms with Crippen LogP contribution in [0, 0.1) is 26.7 Å². The molecule has 0 aliphatic carbocycles. The van der Waals surface area contributed by atoms with Crippen molar-refractivity contribution in [3.63, 3.8) is 0 Å². The SMILES string of the molecule is [Au].[Au].[CH2-]P([CH2-])(Cl)(c1ccccc1)c1ccccc1.[CH2-]P([CH2-])(Cl)(c1ccccc1)c1ccccc1. The zero-order valence-corrected chi connectivity index (χ0v) is 26.3. The first-order valence-electron chi connectivity index (χ1n) is 10.1. The molecule has 0 nitrogen and oxygen atoms in total. The fraction of sp³-hybridized carbons (Fsp3) is 0. The molecule has 0 aliphatic rings. The van der Waals surface area contributed by atoms with Gasteiger partial charge in [0.25, 0.3) is 0 Å². The van der Waals surface area contributed by atoms with Gasteiger partial charge in [-0.2, -0.15) is 0 Å². The van der Waals surface area contributed by atoms with E-state index >= 15 is 0 Å². The molecular weight excluding hydrogens is 863 g/mol. The first-order valence-corrected chi connectivity index (χ1v) is 17.2. The van der Waals surface area contributed by atoms with Gasteiger partial charge in [0.15, 0.2) is 0 Å². The molecule has 0 aromatic heterocycles. The van der Waals surface area contributed by atoms with E-state index in [4.69, 9.17) is 22.5 Å². The fourth-order valence-corrected chi connectivity index (χ4v) is 8.75. The van der Waals surface area contributed by atoms with E-state index in [0.717, 1.165) is 21.2 Å². The molecule has 0 atom stereocenters. The zero-order chi connectivity index (χ0) is 23.3. The van der Waals surface area contributed by atoms with Crippen LogP contribution in [0.1, 0.15) is 0 Å². The van der Waals surface area contributed by atoms with Gasteiger partial charge in [-0.1, -0.05) is 0 Å². The van der Waals surface area contributed by atoms with E-state index in [1.807, 2.05) is 121 Å². The first-order chi connectivity index (χ1) is 15.0. The molecule has 0 amide bonds. The Hall–Kier alpha value is -0.199. The van der Waals surface area contributed by atoms with E-state index < -0.39 is 11.9 Å². The van der Waals surface area contributed by atoms with Gasteiger partial charge < -0.3 is 0 Å². The summed E-state index contributed by atoms with van der Waals surface area (Å²) in [4.78, 5) is 0. The molecule has 34 heavy (non-hydrogen) atoms. The molecule has 0 aliphatic heterocycles. The van der Waals surface area contributed by atoms with Crippen LogP contribution in [0.2, 0.25) is 0 Å². The second-order valence-corrected chi connectivity index (χ2v) is 20.6. The Bertz CT molecular complexity index is 956. The second-order valence-electron chi connectivity index (χ2n) is 8.09. The van der Waals surface area contributed by atoms with Crippen molar-refractivity contribution >= 4 is 55.6 Å². The van der Waals surface area contributed by atoms with Gasteiger partial charge in [-0.05, 0) is 0 Å². The number of benzene rings is 4. The summed E-state index contributed by atoms with van der Waals surface area (Å²) in [6.45, 7) is 16.9. The molecular formula is C28H28Au2Cl2P2-4. The Balaban J connectivity index is 0.000000321. The molecule has 0 fully saturated rings. The molecule has 0 bridgehead atoms. The van der Waals surface area contributed by atoms with Gasteiger partial charge in [-0.3, -0.25) is 0 Å². The van der Waals surface area contributed by atoms with Crippen LogP contribution in [0.5, 0.6) is 0 Å². The van der Waals surface area contributed by atoms with Crippen LogP contribution in [0.25, 0.3) is 0 Å². The number of rotatable bonds is 4. The van der Waals surface area contributed by atoms with E-state index in [1.165, 1.54) is 0 Å². The van der Waals surface area contributed by atoms with Crippen molar-refractivity contribution in [1.82, 2.24) is 0 Å². The summed E-state index contributed by atoms with van der Waals surface area (Å²) in [7, 11) is 0. The van der Waals surface area contributed by atoms with Gasteiger partial charge in [-0.15, -0.1) is 0 Å². The fourth-order valence-electron chi connectivity index (χ4n) is 3.38. The summed E-state index contributed by atoms with van der Waals surface area (Å²) in [5.41, 5.74) is 0. The number of halogens is 2. The molecule has 0 unspecified atom stereocenters. The Morgan fingerprint density at radius 3 is 0.647 bits per heavy atom. The van der Waals surface area contributed by atoms with Crippen LogP contribution in [0.3, 0.4) is 0 Å². The first kappa shape index (κ1) is 31.8. The summed E-state index contributed by atoms with van der Waals surface area (Å²) in [5, 5.41) is 4.06. The third kappa shape index (κ3) is 7.41. The Morgan fingerprint density at radius 1 is 0.353 bits per heavy atom. The van der Waals surface area contributed by atoms with Crippen molar-refractivity contribution in [3.05, 3.63) is 148 Å². The van der Waals surface area contributed by atoms with E-state index in [1.54, 1.807) is 0 Å². The third-order valence-corrected chi connectivity index (χ3v) is 13.7. The van der Waals surface area contributed by atoms with E-state index in [0.29, 0.717) is 0 Å². The molecule has 4 aromatic carbocycles. The molecule has 0 N–H and O–H groups in total. The minimum atomic E-state index is -2.96. The van der Waals surface area contributed by atoms with Crippen LogP contribution in [0.4, 0.5) is 0 Å². The number of hydrogen-bond donors (Lipinski definition) is 0. The van der Waals surface area contributed by atoms with Crippen molar-refractivity contribution in [2.24, 2.45) is 0 Å². The normalized spacial score (nSPS) is 13.2. The second kappa shape index (κ2) is 12.4. The van der Waals surface area contributed by atoms with E-state index in [-0.39, 0.29) is 44.8 Å². The molecule has 0 saturated carbocycles. The van der Waals surface area contributed by atoms with Crippen LogP contribution in [-0.4, -0.2) is 0 Å². The van der Waals surface area contributed by atoms with Crippen molar-refractivity contribution in [2.75, 3.05) is 0 Å². The van der Waals surface area contributed by atoms with Crippen molar-refractivity contribution in [1.29, 1.82) is 0 Å². The molecule has 190 valence electrons. The van der Waals surface area contributed by atoms with Gasteiger partial charge >= 0.3 is 204 Å². The summed E-state index contributed by atoms with van der Waals surface area (Å²) < 4.78 is 0. The third-order valence-electron chi connectivity index (χ3n) is 5.39. The molecule has 0 saturated heterocycles. The average Bonchev–Trinajstić information content (AvgIpc) is 2.81. The summed E-state index contributed by atoms with van der Waals surface area (Å²) >= 11 is 13.5.